The van der Waals surface area contributed by atoms with Gasteiger partial charge in [-0.2, -0.15) is 0 Å². The van der Waals surface area contributed by atoms with Gasteiger partial charge in [0, 0.05) is 18.4 Å². The van der Waals surface area contributed by atoms with E-state index in [2.05, 4.69) is 11.8 Å². The Labute approximate surface area is 85.9 Å². The molecule has 2 N–H and O–H groups in total. The molecule has 0 aromatic heterocycles. The standard InChI is InChI=1S/C10H8ClF2N/c11-4-2-1-3-7-5-10(14)9(13)6-8(7)12/h5-6H,2,4,14H2. The first-order chi connectivity index (χ1) is 6.65. The summed E-state index contributed by atoms with van der Waals surface area (Å²) >= 11 is 5.38. The number of halogens is 3. The van der Waals surface area contributed by atoms with Crippen LogP contribution in [-0.4, -0.2) is 5.88 Å². The van der Waals surface area contributed by atoms with Crippen molar-refractivity contribution < 1.29 is 8.78 Å². The highest BCUT2D eigenvalue weighted by atomic mass is 35.5. The summed E-state index contributed by atoms with van der Waals surface area (Å²) in [5, 5.41) is 0. The van der Waals surface area contributed by atoms with Crippen LogP contribution in [0.15, 0.2) is 12.1 Å². The van der Waals surface area contributed by atoms with Crippen LogP contribution in [0.5, 0.6) is 0 Å². The topological polar surface area (TPSA) is 26.0 Å². The molecule has 0 saturated carbocycles. The molecule has 0 fully saturated rings. The van der Waals surface area contributed by atoms with Crippen LogP contribution in [0.25, 0.3) is 0 Å². The van der Waals surface area contributed by atoms with Crippen molar-refractivity contribution in [1.82, 2.24) is 0 Å². The summed E-state index contributed by atoms with van der Waals surface area (Å²) in [4.78, 5) is 0. The number of alkyl halides is 1. The van der Waals surface area contributed by atoms with Gasteiger partial charge in [0.1, 0.15) is 11.6 Å². The fourth-order valence-electron chi connectivity index (χ4n) is 0.866. The molecule has 0 aliphatic carbocycles. The van der Waals surface area contributed by atoms with Crippen LogP contribution < -0.4 is 5.73 Å². The molecule has 0 heterocycles. The normalized spacial score (nSPS) is 9.36. The van der Waals surface area contributed by atoms with Crippen LogP contribution in [-0.2, 0) is 0 Å². The van der Waals surface area contributed by atoms with Gasteiger partial charge in [-0.05, 0) is 6.07 Å². The van der Waals surface area contributed by atoms with Crippen molar-refractivity contribution in [3.63, 3.8) is 0 Å². The lowest BCUT2D eigenvalue weighted by molar-refractivity contribution is 0.584. The minimum atomic E-state index is -0.773. The maximum atomic E-state index is 13.0. The third-order valence-corrected chi connectivity index (χ3v) is 1.72. The van der Waals surface area contributed by atoms with E-state index in [0.717, 1.165) is 6.07 Å². The van der Waals surface area contributed by atoms with Crippen molar-refractivity contribution in [3.8, 4) is 11.8 Å². The zero-order valence-electron chi connectivity index (χ0n) is 7.28. The van der Waals surface area contributed by atoms with Gasteiger partial charge in [-0.1, -0.05) is 11.8 Å². The quantitative estimate of drug-likeness (QED) is 0.435. The van der Waals surface area contributed by atoms with Crippen molar-refractivity contribution in [2.24, 2.45) is 0 Å². The monoisotopic (exact) mass is 215 g/mol. The average Bonchev–Trinajstić information content (AvgIpc) is 2.14. The van der Waals surface area contributed by atoms with Crippen LogP contribution in [0.2, 0.25) is 0 Å². The summed E-state index contributed by atoms with van der Waals surface area (Å²) in [5.41, 5.74) is 5.24. The van der Waals surface area contributed by atoms with Crippen LogP contribution in [0, 0.1) is 23.5 Å². The van der Waals surface area contributed by atoms with Crippen LogP contribution in [0.3, 0.4) is 0 Å². The molecular formula is C10H8ClF2N. The molecular weight excluding hydrogens is 208 g/mol. The highest BCUT2D eigenvalue weighted by Crippen LogP contribution is 2.15. The summed E-state index contributed by atoms with van der Waals surface area (Å²) < 4.78 is 25.7. The second-order valence-electron chi connectivity index (χ2n) is 2.59. The van der Waals surface area contributed by atoms with Gasteiger partial charge in [0.05, 0.1) is 11.3 Å². The zero-order chi connectivity index (χ0) is 10.6. The van der Waals surface area contributed by atoms with E-state index in [1.807, 2.05) is 0 Å². The fraction of sp³-hybridized carbons (Fsp3) is 0.200. The summed E-state index contributed by atoms with van der Waals surface area (Å²) in [7, 11) is 0. The van der Waals surface area contributed by atoms with E-state index in [1.165, 1.54) is 6.07 Å². The summed E-state index contributed by atoms with van der Waals surface area (Å²) in [6, 6.07) is 1.89. The number of hydrogen-bond donors (Lipinski definition) is 1. The predicted molar refractivity (Wildman–Crippen MR) is 53.0 cm³/mol. The molecule has 1 aromatic rings. The van der Waals surface area contributed by atoms with Crippen LogP contribution >= 0.6 is 11.6 Å². The van der Waals surface area contributed by atoms with Gasteiger partial charge < -0.3 is 5.73 Å². The lowest BCUT2D eigenvalue weighted by Crippen LogP contribution is -1.94. The van der Waals surface area contributed by atoms with Crippen molar-refractivity contribution in [2.75, 3.05) is 11.6 Å². The number of nitrogen functional groups attached to an aromatic ring is 1. The van der Waals surface area contributed by atoms with E-state index in [1.54, 1.807) is 0 Å². The van der Waals surface area contributed by atoms with E-state index in [0.29, 0.717) is 12.3 Å². The van der Waals surface area contributed by atoms with Gasteiger partial charge in [0.2, 0.25) is 0 Å². The van der Waals surface area contributed by atoms with Crippen LogP contribution in [0.4, 0.5) is 14.5 Å². The molecule has 4 heteroatoms. The van der Waals surface area contributed by atoms with Gasteiger partial charge in [0.25, 0.3) is 0 Å². The minimum absolute atomic E-state index is 0.0917. The third-order valence-electron chi connectivity index (χ3n) is 1.53. The third kappa shape index (κ3) is 2.61. The molecule has 0 radical (unpaired) electrons. The highest BCUT2D eigenvalue weighted by Gasteiger charge is 2.04. The predicted octanol–water partition coefficient (Wildman–Crippen LogP) is 2.53. The second-order valence-corrected chi connectivity index (χ2v) is 2.97. The van der Waals surface area contributed by atoms with Gasteiger partial charge in [-0.25, -0.2) is 8.78 Å². The van der Waals surface area contributed by atoms with Gasteiger partial charge in [-0.3, -0.25) is 0 Å². The van der Waals surface area contributed by atoms with E-state index in [9.17, 15) is 8.78 Å². The van der Waals surface area contributed by atoms with Crippen molar-refractivity contribution in [2.45, 2.75) is 6.42 Å². The van der Waals surface area contributed by atoms with Crippen molar-refractivity contribution in [1.29, 1.82) is 0 Å². The van der Waals surface area contributed by atoms with Crippen molar-refractivity contribution >= 4 is 17.3 Å². The number of benzene rings is 1. The molecule has 0 unspecified atom stereocenters. The number of nitrogens with two attached hydrogens (primary N) is 1. The van der Waals surface area contributed by atoms with Gasteiger partial charge in [-0.15, -0.1) is 11.6 Å². The Kier molecular flexibility index (Phi) is 3.73. The Morgan fingerprint density at radius 3 is 2.64 bits per heavy atom. The maximum Gasteiger partial charge on any atom is 0.149 e. The molecule has 0 aliphatic rings. The molecule has 0 saturated heterocycles. The van der Waals surface area contributed by atoms with Gasteiger partial charge in [0.15, 0.2) is 0 Å². The van der Waals surface area contributed by atoms with E-state index < -0.39 is 11.6 Å². The first-order valence-corrected chi connectivity index (χ1v) is 4.48. The molecule has 0 amide bonds. The number of anilines is 1. The largest absolute Gasteiger partial charge is 0.396 e. The lowest BCUT2D eigenvalue weighted by Gasteiger charge is -1.98. The minimum Gasteiger partial charge on any atom is -0.396 e. The van der Waals surface area contributed by atoms with E-state index in [-0.39, 0.29) is 11.3 Å². The molecule has 0 aliphatic heterocycles. The molecule has 0 bridgehead atoms. The molecule has 1 aromatic carbocycles. The maximum absolute atomic E-state index is 13.0. The molecule has 14 heavy (non-hydrogen) atoms. The smallest absolute Gasteiger partial charge is 0.149 e. The Morgan fingerprint density at radius 2 is 2.00 bits per heavy atom. The zero-order valence-corrected chi connectivity index (χ0v) is 8.04. The first-order valence-electron chi connectivity index (χ1n) is 3.94. The van der Waals surface area contributed by atoms with E-state index >= 15 is 0 Å². The Bertz CT molecular complexity index is 393. The first kappa shape index (κ1) is 10.8. The lowest BCUT2D eigenvalue weighted by atomic mass is 10.2. The van der Waals surface area contributed by atoms with E-state index in [4.69, 9.17) is 17.3 Å². The molecule has 74 valence electrons. The summed E-state index contributed by atoms with van der Waals surface area (Å²) in [6.07, 6.45) is 0.457. The second kappa shape index (κ2) is 4.83. The fourth-order valence-corrected chi connectivity index (χ4v) is 0.961. The molecule has 1 nitrogen and oxygen atoms in total. The summed E-state index contributed by atoms with van der Waals surface area (Å²) in [6.45, 7) is 0. The molecule has 0 spiro atoms. The summed E-state index contributed by atoms with van der Waals surface area (Å²) in [5.74, 6) is 4.06. The Morgan fingerprint density at radius 1 is 1.29 bits per heavy atom. The number of rotatable bonds is 1. The van der Waals surface area contributed by atoms with Gasteiger partial charge >= 0.3 is 0 Å². The molecule has 1 rings (SSSR count). The number of hydrogen-bond acceptors (Lipinski definition) is 1. The van der Waals surface area contributed by atoms with Crippen molar-refractivity contribution in [3.05, 3.63) is 29.3 Å². The van der Waals surface area contributed by atoms with Crippen LogP contribution in [0.1, 0.15) is 12.0 Å². The average molecular weight is 216 g/mol. The Hall–Kier alpha value is -1.27. The SMILES string of the molecule is Nc1cc(C#CCCCl)c(F)cc1F. The molecule has 0 atom stereocenters. The highest BCUT2D eigenvalue weighted by molar-refractivity contribution is 6.18. The Balaban J connectivity index is 3.00.